The third-order valence-corrected chi connectivity index (χ3v) is 6.35. The molecule has 3 aliphatic rings. The van der Waals surface area contributed by atoms with E-state index in [0.29, 0.717) is 18.9 Å². The van der Waals surface area contributed by atoms with Crippen LogP contribution >= 0.6 is 12.4 Å². The maximum atomic E-state index is 13.1. The van der Waals surface area contributed by atoms with Crippen LogP contribution < -0.4 is 15.5 Å². The summed E-state index contributed by atoms with van der Waals surface area (Å²) in [5.74, 6) is 0.532. The van der Waals surface area contributed by atoms with Crippen LogP contribution in [0.3, 0.4) is 0 Å². The van der Waals surface area contributed by atoms with Crippen LogP contribution in [-0.4, -0.2) is 37.5 Å². The van der Waals surface area contributed by atoms with Crippen molar-refractivity contribution in [2.75, 3.05) is 24.5 Å². The second-order valence-electron chi connectivity index (χ2n) is 7.87. The predicted molar refractivity (Wildman–Crippen MR) is 105 cm³/mol. The lowest BCUT2D eigenvalue weighted by atomic mass is 9.67. The highest BCUT2D eigenvalue weighted by atomic mass is 35.5. The van der Waals surface area contributed by atoms with E-state index < -0.39 is 0 Å². The summed E-state index contributed by atoms with van der Waals surface area (Å²) >= 11 is 0. The highest BCUT2D eigenvalue weighted by molar-refractivity contribution is 6.02. The largest absolute Gasteiger partial charge is 0.344 e. The highest BCUT2D eigenvalue weighted by Crippen LogP contribution is 2.44. The fourth-order valence-corrected chi connectivity index (χ4v) is 4.79. The molecule has 1 aliphatic carbocycles. The first kappa shape index (κ1) is 19.2. The number of carbonyl (C=O) groups excluding carboxylic acids is 2. The zero-order valence-corrected chi connectivity index (χ0v) is 16.1. The van der Waals surface area contributed by atoms with E-state index in [0.717, 1.165) is 38.0 Å². The molecular weight excluding hydrogens is 350 g/mol. The molecule has 2 N–H and O–H groups in total. The summed E-state index contributed by atoms with van der Waals surface area (Å²) in [6.45, 7) is 4.39. The Morgan fingerprint density at radius 3 is 2.77 bits per heavy atom. The van der Waals surface area contributed by atoms with Gasteiger partial charge < -0.3 is 15.5 Å². The van der Waals surface area contributed by atoms with Gasteiger partial charge in [-0.15, -0.1) is 12.4 Å². The van der Waals surface area contributed by atoms with Gasteiger partial charge in [0.15, 0.2) is 0 Å². The number of hydrogen-bond donors (Lipinski definition) is 2. The molecule has 3 fully saturated rings. The van der Waals surface area contributed by atoms with Crippen LogP contribution in [0.2, 0.25) is 0 Å². The first-order valence-corrected chi connectivity index (χ1v) is 9.50. The van der Waals surface area contributed by atoms with Crippen molar-refractivity contribution in [2.24, 2.45) is 11.3 Å². The molecule has 5 nitrogen and oxygen atoms in total. The smallest absolute Gasteiger partial charge is 0.249 e. The third kappa shape index (κ3) is 3.23. The number of amides is 2. The van der Waals surface area contributed by atoms with Crippen molar-refractivity contribution >= 4 is 29.9 Å². The lowest BCUT2D eigenvalue weighted by Crippen LogP contribution is -2.52. The van der Waals surface area contributed by atoms with Gasteiger partial charge in [-0.3, -0.25) is 9.59 Å². The van der Waals surface area contributed by atoms with Gasteiger partial charge >= 0.3 is 0 Å². The second-order valence-corrected chi connectivity index (χ2v) is 7.87. The van der Waals surface area contributed by atoms with Gasteiger partial charge in [0.1, 0.15) is 6.04 Å². The summed E-state index contributed by atoms with van der Waals surface area (Å²) in [6.07, 6.45) is 5.07. The number of nitrogens with one attached hydrogen (secondary N) is 2. The summed E-state index contributed by atoms with van der Waals surface area (Å²) in [6, 6.07) is 7.61. The number of carbonyl (C=O) groups is 2. The van der Waals surface area contributed by atoms with E-state index in [9.17, 15) is 9.59 Å². The number of anilines is 1. The molecule has 2 aliphatic heterocycles. The molecule has 2 heterocycles. The third-order valence-electron chi connectivity index (χ3n) is 6.35. The van der Waals surface area contributed by atoms with E-state index >= 15 is 0 Å². The summed E-state index contributed by atoms with van der Waals surface area (Å²) in [5.41, 5.74) is 1.80. The van der Waals surface area contributed by atoms with Crippen LogP contribution in [0.4, 0.5) is 5.69 Å². The lowest BCUT2D eigenvalue weighted by molar-refractivity contribution is -0.136. The van der Waals surface area contributed by atoms with Crippen LogP contribution in [0.25, 0.3) is 0 Å². The topological polar surface area (TPSA) is 61.4 Å². The fraction of sp³-hybridized carbons (Fsp3) is 0.600. The van der Waals surface area contributed by atoms with Gasteiger partial charge in [-0.05, 0) is 50.8 Å². The molecule has 3 atom stereocenters. The molecule has 1 aromatic rings. The number of rotatable bonds is 3. The van der Waals surface area contributed by atoms with Crippen molar-refractivity contribution < 1.29 is 9.59 Å². The molecule has 26 heavy (non-hydrogen) atoms. The zero-order valence-electron chi connectivity index (χ0n) is 15.3. The molecule has 2 amide bonds. The van der Waals surface area contributed by atoms with Gasteiger partial charge in [-0.1, -0.05) is 30.5 Å². The maximum absolute atomic E-state index is 13.1. The first-order valence-electron chi connectivity index (χ1n) is 9.50. The van der Waals surface area contributed by atoms with Crippen LogP contribution in [0, 0.1) is 18.3 Å². The van der Waals surface area contributed by atoms with E-state index in [4.69, 9.17) is 0 Å². The molecule has 1 unspecified atom stereocenters. The van der Waals surface area contributed by atoms with Crippen molar-refractivity contribution in [3.05, 3.63) is 29.8 Å². The molecule has 4 rings (SSSR count). The van der Waals surface area contributed by atoms with Crippen LogP contribution in [-0.2, 0) is 9.59 Å². The van der Waals surface area contributed by atoms with E-state index in [2.05, 4.69) is 10.6 Å². The zero-order chi connectivity index (χ0) is 17.4. The maximum Gasteiger partial charge on any atom is 0.249 e. The number of aryl methyl sites for hydroxylation is 1. The van der Waals surface area contributed by atoms with E-state index in [1.807, 2.05) is 31.2 Å². The van der Waals surface area contributed by atoms with Gasteiger partial charge in [0.05, 0.1) is 5.41 Å². The number of nitrogens with zero attached hydrogens (tertiary/aromatic N) is 1. The second kappa shape index (κ2) is 7.57. The molecule has 142 valence electrons. The molecule has 1 saturated carbocycles. The van der Waals surface area contributed by atoms with E-state index in [1.165, 1.54) is 12.0 Å². The predicted octanol–water partition coefficient (Wildman–Crippen LogP) is 2.42. The van der Waals surface area contributed by atoms with Gasteiger partial charge in [-0.2, -0.15) is 0 Å². The summed E-state index contributed by atoms with van der Waals surface area (Å²) in [4.78, 5) is 27.7. The molecule has 1 aromatic carbocycles. The Kier molecular flexibility index (Phi) is 5.58. The molecule has 0 radical (unpaired) electrons. The van der Waals surface area contributed by atoms with Gasteiger partial charge in [0.25, 0.3) is 0 Å². The van der Waals surface area contributed by atoms with Crippen LogP contribution in [0.1, 0.15) is 37.7 Å². The highest BCUT2D eigenvalue weighted by Gasteiger charge is 2.51. The molecule has 2 saturated heterocycles. The fourth-order valence-electron chi connectivity index (χ4n) is 4.79. The normalized spacial score (nSPS) is 30.7. The van der Waals surface area contributed by atoms with Crippen molar-refractivity contribution in [3.63, 3.8) is 0 Å². The molecule has 0 spiro atoms. The number of benzene rings is 1. The van der Waals surface area contributed by atoms with Crippen molar-refractivity contribution in [2.45, 2.75) is 45.1 Å². The summed E-state index contributed by atoms with van der Waals surface area (Å²) in [5, 5.41) is 6.51. The lowest BCUT2D eigenvalue weighted by Gasteiger charge is -2.37. The minimum absolute atomic E-state index is 0. The quantitative estimate of drug-likeness (QED) is 0.850. The number of fused-ring (bicyclic) bond motifs is 1. The van der Waals surface area contributed by atoms with Gasteiger partial charge in [0, 0.05) is 18.8 Å². The molecule has 0 bridgehead atoms. The van der Waals surface area contributed by atoms with Gasteiger partial charge in [0.2, 0.25) is 11.8 Å². The average Bonchev–Trinajstić information content (AvgIpc) is 3.21. The molecule has 0 aromatic heterocycles. The Bertz CT molecular complexity index is 678. The number of hydrogen-bond acceptors (Lipinski definition) is 3. The Morgan fingerprint density at radius 2 is 2.00 bits per heavy atom. The Hall–Kier alpha value is -1.59. The summed E-state index contributed by atoms with van der Waals surface area (Å²) in [7, 11) is 0. The Balaban J connectivity index is 0.00000196. The van der Waals surface area contributed by atoms with E-state index in [1.54, 1.807) is 4.90 Å². The van der Waals surface area contributed by atoms with Crippen molar-refractivity contribution in [1.29, 1.82) is 0 Å². The van der Waals surface area contributed by atoms with E-state index in [-0.39, 0.29) is 35.7 Å². The summed E-state index contributed by atoms with van der Waals surface area (Å²) < 4.78 is 0. The molecular formula is C20H28ClN3O2. The Labute approximate surface area is 161 Å². The molecule has 6 heteroatoms. The monoisotopic (exact) mass is 377 g/mol. The van der Waals surface area contributed by atoms with Gasteiger partial charge in [-0.25, -0.2) is 0 Å². The SMILES string of the molecule is Cc1ccc(N2CCC(NC(=O)[C@@]34CCCC[C@H]3CNC4)C2=O)cc1.Cl. The minimum Gasteiger partial charge on any atom is -0.344 e. The van der Waals surface area contributed by atoms with Crippen molar-refractivity contribution in [1.82, 2.24) is 10.6 Å². The number of halogens is 1. The minimum atomic E-state index is -0.383. The average molecular weight is 378 g/mol. The Morgan fingerprint density at radius 1 is 1.23 bits per heavy atom. The van der Waals surface area contributed by atoms with Crippen molar-refractivity contribution in [3.8, 4) is 0 Å². The first-order chi connectivity index (χ1) is 12.1. The van der Waals surface area contributed by atoms with Crippen LogP contribution in [0.15, 0.2) is 24.3 Å². The van der Waals surface area contributed by atoms with Crippen LogP contribution in [0.5, 0.6) is 0 Å². The standard InChI is InChI=1S/C20H27N3O2.ClH/c1-14-5-7-16(8-6-14)23-11-9-17(18(23)24)22-19(25)20-10-3-2-4-15(20)12-21-13-20;/h5-8,15,17,21H,2-4,9-13H2,1H3,(H,22,25);1H/t15-,17?,20+;/m0./s1.